The van der Waals surface area contributed by atoms with Gasteiger partial charge in [0.15, 0.2) is 6.29 Å². The van der Waals surface area contributed by atoms with E-state index in [9.17, 15) is 4.79 Å². The van der Waals surface area contributed by atoms with Crippen LogP contribution in [0.2, 0.25) is 0 Å². The Balaban J connectivity index is 1.99. The number of fused-ring (bicyclic) bond motifs is 1. The Morgan fingerprint density at radius 1 is 1.26 bits per heavy atom. The van der Waals surface area contributed by atoms with E-state index >= 15 is 0 Å². The molecule has 4 nitrogen and oxygen atoms in total. The lowest BCUT2D eigenvalue weighted by Crippen LogP contribution is -1.92. The lowest BCUT2D eigenvalue weighted by Gasteiger charge is -2.08. The molecule has 3 aromatic rings. The van der Waals surface area contributed by atoms with Crippen LogP contribution in [0.15, 0.2) is 42.7 Å². The molecule has 1 N–H and O–H groups in total. The maximum atomic E-state index is 11.0. The lowest BCUT2D eigenvalue weighted by atomic mass is 10.1. The molecule has 3 rings (SSSR count). The molecule has 0 aliphatic carbocycles. The van der Waals surface area contributed by atoms with Gasteiger partial charge in [-0.2, -0.15) is 0 Å². The molecule has 0 aliphatic rings. The molecule has 19 heavy (non-hydrogen) atoms. The molecule has 0 saturated carbocycles. The van der Waals surface area contributed by atoms with Gasteiger partial charge in [-0.05, 0) is 36.8 Å². The highest BCUT2D eigenvalue weighted by molar-refractivity contribution is 5.80. The fraction of sp³-hybridized carbons (Fsp3) is 0.0667. The second kappa shape index (κ2) is 4.57. The van der Waals surface area contributed by atoms with Gasteiger partial charge in [0, 0.05) is 11.6 Å². The Morgan fingerprint density at radius 2 is 2.16 bits per heavy atom. The number of hydrogen-bond donors (Lipinski definition) is 1. The second-order valence-electron chi connectivity index (χ2n) is 4.35. The number of rotatable bonds is 3. The minimum absolute atomic E-state index is 0.528. The number of pyridine rings is 1. The summed E-state index contributed by atoms with van der Waals surface area (Å²) < 4.78 is 5.75. The summed E-state index contributed by atoms with van der Waals surface area (Å²) in [6.07, 6.45) is 4.25. The monoisotopic (exact) mass is 252 g/mol. The minimum Gasteiger partial charge on any atom is -0.455 e. The maximum absolute atomic E-state index is 11.0. The first-order valence-corrected chi connectivity index (χ1v) is 5.93. The van der Waals surface area contributed by atoms with Crippen LogP contribution in [0.25, 0.3) is 11.0 Å². The molecule has 0 amide bonds. The van der Waals surface area contributed by atoms with Crippen LogP contribution >= 0.6 is 0 Å². The van der Waals surface area contributed by atoms with Crippen molar-refractivity contribution in [3.63, 3.8) is 0 Å². The van der Waals surface area contributed by atoms with Crippen molar-refractivity contribution in [2.75, 3.05) is 0 Å². The zero-order chi connectivity index (χ0) is 13.2. The zero-order valence-electron chi connectivity index (χ0n) is 10.4. The van der Waals surface area contributed by atoms with E-state index in [1.165, 1.54) is 0 Å². The normalized spacial score (nSPS) is 10.6. The van der Waals surface area contributed by atoms with Crippen molar-refractivity contribution >= 4 is 17.3 Å². The number of benzene rings is 1. The number of aldehydes is 1. The molecule has 0 spiro atoms. The van der Waals surface area contributed by atoms with Gasteiger partial charge in [0.1, 0.15) is 17.1 Å². The Bertz CT molecular complexity index is 747. The number of H-pyrrole nitrogens is 1. The van der Waals surface area contributed by atoms with Crippen LogP contribution < -0.4 is 4.74 Å². The van der Waals surface area contributed by atoms with Crippen LogP contribution in [-0.4, -0.2) is 16.3 Å². The van der Waals surface area contributed by atoms with Crippen molar-refractivity contribution in [1.82, 2.24) is 9.97 Å². The molecule has 0 unspecified atom stereocenters. The highest BCUT2D eigenvalue weighted by Gasteiger charge is 2.06. The summed E-state index contributed by atoms with van der Waals surface area (Å²) in [6.45, 7) is 1.95. The Morgan fingerprint density at radius 3 is 3.00 bits per heavy atom. The minimum atomic E-state index is 0.528. The predicted octanol–water partition coefficient (Wildman–Crippen LogP) is 3.48. The van der Waals surface area contributed by atoms with E-state index < -0.39 is 0 Å². The van der Waals surface area contributed by atoms with Crippen molar-refractivity contribution in [3.8, 4) is 11.5 Å². The van der Waals surface area contributed by atoms with Crippen LogP contribution in [0.3, 0.4) is 0 Å². The molecule has 94 valence electrons. The van der Waals surface area contributed by atoms with Crippen molar-refractivity contribution in [3.05, 3.63) is 53.9 Å². The van der Waals surface area contributed by atoms with Crippen molar-refractivity contribution < 1.29 is 9.53 Å². The first-order valence-electron chi connectivity index (χ1n) is 5.93. The van der Waals surface area contributed by atoms with Gasteiger partial charge in [-0.25, -0.2) is 4.98 Å². The second-order valence-corrected chi connectivity index (χ2v) is 4.35. The average molecular weight is 252 g/mol. The quantitative estimate of drug-likeness (QED) is 0.726. The van der Waals surface area contributed by atoms with Gasteiger partial charge in [-0.1, -0.05) is 6.07 Å². The van der Waals surface area contributed by atoms with Gasteiger partial charge in [-0.3, -0.25) is 4.79 Å². The van der Waals surface area contributed by atoms with E-state index in [2.05, 4.69) is 9.97 Å². The molecule has 1 aromatic carbocycles. The third kappa shape index (κ3) is 2.20. The first-order chi connectivity index (χ1) is 9.26. The van der Waals surface area contributed by atoms with E-state index in [0.29, 0.717) is 17.1 Å². The smallest absolute Gasteiger partial charge is 0.153 e. The van der Waals surface area contributed by atoms with Gasteiger partial charge >= 0.3 is 0 Å². The molecule has 0 fully saturated rings. The number of aromatic amines is 1. The van der Waals surface area contributed by atoms with Crippen LogP contribution in [0, 0.1) is 6.92 Å². The number of ether oxygens (including phenoxy) is 1. The van der Waals surface area contributed by atoms with Gasteiger partial charge in [0.25, 0.3) is 0 Å². The number of carbonyl (C=O) groups is 1. The largest absolute Gasteiger partial charge is 0.455 e. The van der Waals surface area contributed by atoms with Crippen molar-refractivity contribution in [2.45, 2.75) is 6.92 Å². The molecule has 0 atom stereocenters. The topological polar surface area (TPSA) is 55.0 Å². The van der Waals surface area contributed by atoms with E-state index in [0.717, 1.165) is 22.9 Å². The Labute approximate surface area is 110 Å². The number of aromatic nitrogens is 2. The number of nitrogens with zero attached hydrogens (tertiary/aromatic N) is 1. The van der Waals surface area contributed by atoms with Gasteiger partial charge in [-0.15, -0.1) is 0 Å². The maximum Gasteiger partial charge on any atom is 0.153 e. The fourth-order valence-corrected chi connectivity index (χ4v) is 1.93. The summed E-state index contributed by atoms with van der Waals surface area (Å²) in [7, 11) is 0. The van der Waals surface area contributed by atoms with Crippen molar-refractivity contribution in [1.29, 1.82) is 0 Å². The SMILES string of the molecule is Cc1ccc(C=O)c(Oc2cnc3[nH]ccc3c2)c1. The Hall–Kier alpha value is -2.62. The third-order valence-corrected chi connectivity index (χ3v) is 2.90. The average Bonchev–Trinajstić information content (AvgIpc) is 2.86. The summed E-state index contributed by atoms with van der Waals surface area (Å²) in [6, 6.07) is 9.27. The summed E-state index contributed by atoms with van der Waals surface area (Å²) in [5.41, 5.74) is 2.38. The lowest BCUT2D eigenvalue weighted by molar-refractivity contribution is 0.112. The van der Waals surface area contributed by atoms with Crippen LogP contribution in [0.5, 0.6) is 11.5 Å². The molecular weight excluding hydrogens is 240 g/mol. The summed E-state index contributed by atoms with van der Waals surface area (Å²) >= 11 is 0. The van der Waals surface area contributed by atoms with E-state index in [1.807, 2.05) is 37.4 Å². The Kier molecular flexibility index (Phi) is 2.76. The number of aryl methyl sites for hydroxylation is 1. The molecule has 4 heteroatoms. The zero-order valence-corrected chi connectivity index (χ0v) is 10.4. The molecule has 0 bridgehead atoms. The van der Waals surface area contributed by atoms with Crippen LogP contribution in [0.1, 0.15) is 15.9 Å². The van der Waals surface area contributed by atoms with Gasteiger partial charge in [0.2, 0.25) is 0 Å². The predicted molar refractivity (Wildman–Crippen MR) is 72.7 cm³/mol. The van der Waals surface area contributed by atoms with E-state index in [4.69, 9.17) is 4.74 Å². The van der Waals surface area contributed by atoms with Gasteiger partial charge < -0.3 is 9.72 Å². The third-order valence-electron chi connectivity index (χ3n) is 2.90. The molecular formula is C15H12N2O2. The molecule has 2 aromatic heterocycles. The fourth-order valence-electron chi connectivity index (χ4n) is 1.93. The van der Waals surface area contributed by atoms with Crippen molar-refractivity contribution in [2.24, 2.45) is 0 Å². The van der Waals surface area contributed by atoms with E-state index in [1.54, 1.807) is 12.3 Å². The first kappa shape index (κ1) is 11.5. The highest BCUT2D eigenvalue weighted by Crippen LogP contribution is 2.26. The number of hydrogen-bond acceptors (Lipinski definition) is 3. The molecule has 2 heterocycles. The molecule has 0 radical (unpaired) electrons. The molecule has 0 aliphatic heterocycles. The van der Waals surface area contributed by atoms with Crippen LogP contribution in [-0.2, 0) is 0 Å². The number of nitrogens with one attached hydrogen (secondary N) is 1. The molecule has 0 saturated heterocycles. The summed E-state index contributed by atoms with van der Waals surface area (Å²) in [4.78, 5) is 18.3. The standard InChI is InChI=1S/C15H12N2O2/c1-10-2-3-12(9-18)14(6-10)19-13-7-11-4-5-16-15(11)17-8-13/h2-9H,1H3,(H,16,17). The highest BCUT2D eigenvalue weighted by atomic mass is 16.5. The van der Waals surface area contributed by atoms with Gasteiger partial charge in [0.05, 0.1) is 11.8 Å². The summed E-state index contributed by atoms with van der Waals surface area (Å²) in [5.74, 6) is 1.16. The summed E-state index contributed by atoms with van der Waals surface area (Å²) in [5, 5.41) is 0.970. The van der Waals surface area contributed by atoms with E-state index in [-0.39, 0.29) is 0 Å². The number of carbonyl (C=O) groups excluding carboxylic acids is 1. The van der Waals surface area contributed by atoms with Crippen LogP contribution in [0.4, 0.5) is 0 Å².